The minimum absolute atomic E-state index is 0.0139. The minimum Gasteiger partial charge on any atom is -0.360 e. The molecule has 0 aliphatic heterocycles. The SMILES string of the molecule is CCCCC(CN)NC(=O)CSCC(=O)Nc1cc(C)on1. The van der Waals surface area contributed by atoms with Crippen molar-refractivity contribution in [2.45, 2.75) is 39.2 Å². The van der Waals surface area contributed by atoms with Gasteiger partial charge in [0.05, 0.1) is 11.5 Å². The molecule has 0 radical (unpaired) electrons. The van der Waals surface area contributed by atoms with Crippen LogP contribution >= 0.6 is 11.8 Å². The highest BCUT2D eigenvalue weighted by Crippen LogP contribution is 2.08. The number of thioether (sulfide) groups is 1. The molecule has 0 fully saturated rings. The standard InChI is InChI=1S/C14H24N4O3S/c1-3-4-5-11(7-15)16-13(19)8-22-9-14(20)17-12-6-10(2)21-18-12/h6,11H,3-5,7-9,15H2,1-2H3,(H,16,19)(H,17,18,20). The van der Waals surface area contributed by atoms with Gasteiger partial charge in [-0.15, -0.1) is 11.8 Å². The molecule has 7 nitrogen and oxygen atoms in total. The van der Waals surface area contributed by atoms with Crippen LogP contribution in [0.4, 0.5) is 5.82 Å². The van der Waals surface area contributed by atoms with Gasteiger partial charge in [-0.05, 0) is 13.3 Å². The summed E-state index contributed by atoms with van der Waals surface area (Å²) >= 11 is 1.25. The highest BCUT2D eigenvalue weighted by Gasteiger charge is 2.11. The van der Waals surface area contributed by atoms with E-state index in [2.05, 4.69) is 22.7 Å². The second-order valence-corrected chi connectivity index (χ2v) is 5.99. The van der Waals surface area contributed by atoms with Gasteiger partial charge in [-0.2, -0.15) is 0 Å². The van der Waals surface area contributed by atoms with Crippen molar-refractivity contribution in [3.63, 3.8) is 0 Å². The molecule has 1 unspecified atom stereocenters. The number of carbonyl (C=O) groups is 2. The van der Waals surface area contributed by atoms with E-state index >= 15 is 0 Å². The molecule has 22 heavy (non-hydrogen) atoms. The van der Waals surface area contributed by atoms with Gasteiger partial charge in [0.1, 0.15) is 5.76 Å². The summed E-state index contributed by atoms with van der Waals surface area (Å²) in [5, 5.41) is 9.15. The molecule has 0 aliphatic carbocycles. The van der Waals surface area contributed by atoms with Gasteiger partial charge in [0.2, 0.25) is 11.8 Å². The smallest absolute Gasteiger partial charge is 0.235 e. The van der Waals surface area contributed by atoms with Crippen LogP contribution in [0.25, 0.3) is 0 Å². The zero-order valence-corrected chi connectivity index (χ0v) is 13.9. The van der Waals surface area contributed by atoms with Crippen LogP contribution in [-0.2, 0) is 9.59 Å². The van der Waals surface area contributed by atoms with E-state index in [0.29, 0.717) is 18.1 Å². The van der Waals surface area contributed by atoms with Gasteiger partial charge in [0, 0.05) is 18.7 Å². The van der Waals surface area contributed by atoms with Crippen molar-refractivity contribution in [3.05, 3.63) is 11.8 Å². The van der Waals surface area contributed by atoms with E-state index in [4.69, 9.17) is 10.3 Å². The third-order valence-electron chi connectivity index (χ3n) is 2.92. The maximum Gasteiger partial charge on any atom is 0.235 e. The van der Waals surface area contributed by atoms with Crippen molar-refractivity contribution in [2.24, 2.45) is 5.73 Å². The molecule has 1 aromatic rings. The number of amides is 2. The summed E-state index contributed by atoms with van der Waals surface area (Å²) in [6, 6.07) is 1.65. The van der Waals surface area contributed by atoms with Gasteiger partial charge in [0.15, 0.2) is 5.82 Å². The van der Waals surface area contributed by atoms with E-state index in [1.54, 1.807) is 13.0 Å². The summed E-state index contributed by atoms with van der Waals surface area (Å²) in [5.41, 5.74) is 5.63. The number of aryl methyl sites for hydroxylation is 1. The van der Waals surface area contributed by atoms with Crippen molar-refractivity contribution >= 4 is 29.4 Å². The van der Waals surface area contributed by atoms with Crippen LogP contribution in [0.1, 0.15) is 31.9 Å². The Balaban J connectivity index is 2.19. The lowest BCUT2D eigenvalue weighted by Gasteiger charge is -2.16. The monoisotopic (exact) mass is 328 g/mol. The van der Waals surface area contributed by atoms with Crippen LogP contribution in [0.2, 0.25) is 0 Å². The molecule has 1 aromatic heterocycles. The zero-order chi connectivity index (χ0) is 16.4. The quantitative estimate of drug-likeness (QED) is 0.597. The molecule has 124 valence electrons. The highest BCUT2D eigenvalue weighted by molar-refractivity contribution is 8.00. The summed E-state index contributed by atoms with van der Waals surface area (Å²) in [6.07, 6.45) is 2.99. The van der Waals surface area contributed by atoms with Crippen molar-refractivity contribution in [1.29, 1.82) is 0 Å². The van der Waals surface area contributed by atoms with Gasteiger partial charge in [-0.3, -0.25) is 9.59 Å². The van der Waals surface area contributed by atoms with Gasteiger partial charge < -0.3 is 20.9 Å². The molecule has 0 saturated carbocycles. The highest BCUT2D eigenvalue weighted by atomic mass is 32.2. The number of rotatable bonds is 10. The first-order valence-electron chi connectivity index (χ1n) is 7.35. The molecule has 2 amide bonds. The van der Waals surface area contributed by atoms with E-state index in [9.17, 15) is 9.59 Å². The molecule has 0 bridgehead atoms. The van der Waals surface area contributed by atoms with Crippen LogP contribution < -0.4 is 16.4 Å². The number of hydrogen-bond acceptors (Lipinski definition) is 6. The zero-order valence-electron chi connectivity index (χ0n) is 13.1. The molecule has 8 heteroatoms. The fourth-order valence-corrected chi connectivity index (χ4v) is 2.44. The average molecular weight is 328 g/mol. The maximum absolute atomic E-state index is 11.8. The van der Waals surface area contributed by atoms with Crippen molar-refractivity contribution in [3.8, 4) is 0 Å². The predicted molar refractivity (Wildman–Crippen MR) is 87.7 cm³/mol. The number of aromatic nitrogens is 1. The Labute approximate surface area is 134 Å². The lowest BCUT2D eigenvalue weighted by Crippen LogP contribution is -2.41. The first-order valence-corrected chi connectivity index (χ1v) is 8.51. The molecule has 1 rings (SSSR count). The lowest BCUT2D eigenvalue weighted by molar-refractivity contribution is -0.119. The number of anilines is 1. The number of hydrogen-bond donors (Lipinski definition) is 3. The van der Waals surface area contributed by atoms with Crippen LogP contribution in [0.15, 0.2) is 10.6 Å². The number of nitrogens with zero attached hydrogens (tertiary/aromatic N) is 1. The molecular weight excluding hydrogens is 304 g/mol. The van der Waals surface area contributed by atoms with E-state index < -0.39 is 0 Å². The Morgan fingerprint density at radius 2 is 2.14 bits per heavy atom. The minimum atomic E-state index is -0.215. The number of nitrogens with one attached hydrogen (secondary N) is 2. The van der Waals surface area contributed by atoms with Gasteiger partial charge >= 0.3 is 0 Å². The Kier molecular flexibility index (Phi) is 8.61. The molecule has 1 heterocycles. The van der Waals surface area contributed by atoms with E-state index in [1.807, 2.05) is 0 Å². The number of carbonyl (C=O) groups excluding carboxylic acids is 2. The van der Waals surface area contributed by atoms with E-state index in [1.165, 1.54) is 11.8 Å². The summed E-state index contributed by atoms with van der Waals surface area (Å²) in [5.74, 6) is 1.11. The van der Waals surface area contributed by atoms with Crippen molar-refractivity contribution in [1.82, 2.24) is 10.5 Å². The Morgan fingerprint density at radius 3 is 2.73 bits per heavy atom. The molecule has 1 atom stereocenters. The average Bonchev–Trinajstić information content (AvgIpc) is 2.88. The second-order valence-electron chi connectivity index (χ2n) is 5.01. The van der Waals surface area contributed by atoms with E-state index in [0.717, 1.165) is 19.3 Å². The Hall–Kier alpha value is -1.54. The van der Waals surface area contributed by atoms with Crippen molar-refractivity contribution < 1.29 is 14.1 Å². The van der Waals surface area contributed by atoms with Gasteiger partial charge in [0.25, 0.3) is 0 Å². The molecule has 0 saturated heterocycles. The third kappa shape index (κ3) is 7.46. The molecule has 0 spiro atoms. The maximum atomic E-state index is 11.8. The number of nitrogens with two attached hydrogens (primary N) is 1. The Bertz CT molecular complexity index is 478. The van der Waals surface area contributed by atoms with Gasteiger partial charge in [-0.25, -0.2) is 0 Å². The first-order chi connectivity index (χ1) is 10.5. The first kappa shape index (κ1) is 18.5. The third-order valence-corrected chi connectivity index (χ3v) is 3.85. The lowest BCUT2D eigenvalue weighted by atomic mass is 10.1. The largest absolute Gasteiger partial charge is 0.360 e. The summed E-state index contributed by atoms with van der Waals surface area (Å²) < 4.78 is 4.85. The fraction of sp³-hybridized carbons (Fsp3) is 0.643. The normalized spacial score (nSPS) is 12.0. The Morgan fingerprint density at radius 1 is 1.41 bits per heavy atom. The second kappa shape index (κ2) is 10.2. The summed E-state index contributed by atoms with van der Waals surface area (Å²) in [4.78, 5) is 23.4. The summed E-state index contributed by atoms with van der Waals surface area (Å²) in [7, 11) is 0. The van der Waals surface area contributed by atoms with Crippen LogP contribution in [-0.4, -0.2) is 41.1 Å². The summed E-state index contributed by atoms with van der Waals surface area (Å²) in [6.45, 7) is 4.27. The molecular formula is C14H24N4O3S. The molecule has 0 aromatic carbocycles. The topological polar surface area (TPSA) is 110 Å². The van der Waals surface area contributed by atoms with Crippen LogP contribution in [0.3, 0.4) is 0 Å². The van der Waals surface area contributed by atoms with E-state index in [-0.39, 0.29) is 29.4 Å². The van der Waals surface area contributed by atoms with Crippen molar-refractivity contribution in [2.75, 3.05) is 23.4 Å². The molecule has 4 N–H and O–H groups in total. The fourth-order valence-electron chi connectivity index (χ4n) is 1.81. The predicted octanol–water partition coefficient (Wildman–Crippen LogP) is 1.29. The number of unbranched alkanes of at least 4 members (excludes halogenated alkanes) is 1. The van der Waals surface area contributed by atoms with Crippen LogP contribution in [0.5, 0.6) is 0 Å². The van der Waals surface area contributed by atoms with Gasteiger partial charge in [-0.1, -0.05) is 24.9 Å². The molecule has 0 aliphatic rings. The van der Waals surface area contributed by atoms with Crippen LogP contribution in [0, 0.1) is 6.92 Å².